The van der Waals surface area contributed by atoms with E-state index >= 15 is 0 Å². The molecule has 6 nitrogen and oxygen atoms in total. The van der Waals surface area contributed by atoms with Gasteiger partial charge in [0.1, 0.15) is 25.4 Å². The van der Waals surface area contributed by atoms with Crippen molar-refractivity contribution >= 4 is 17.8 Å². The number of nitrogens with one attached hydrogen (secondary N) is 1. The number of fused-ring (bicyclic) bond motifs is 3. The second-order valence-corrected chi connectivity index (χ2v) is 10.9. The summed E-state index contributed by atoms with van der Waals surface area (Å²) in [6.45, 7) is 5.47. The monoisotopic (exact) mass is 483 g/mol. The van der Waals surface area contributed by atoms with Crippen molar-refractivity contribution in [1.82, 2.24) is 0 Å². The second-order valence-electron chi connectivity index (χ2n) is 10.9. The predicted octanol–water partition coefficient (Wildman–Crippen LogP) is 4.42. The molecular weight excluding hydrogens is 452 g/mol. The molecule has 0 radical (unpaired) electrons. The molecular formula is C30H31N2O4+. The molecule has 7 rings (SSSR count). The van der Waals surface area contributed by atoms with Gasteiger partial charge < -0.3 is 19.3 Å². The highest BCUT2D eigenvalue weighted by atomic mass is 16.5. The van der Waals surface area contributed by atoms with Gasteiger partial charge in [-0.1, -0.05) is 24.3 Å². The summed E-state index contributed by atoms with van der Waals surface area (Å²) in [6.07, 6.45) is 5.94. The van der Waals surface area contributed by atoms with E-state index in [9.17, 15) is 9.59 Å². The van der Waals surface area contributed by atoms with E-state index in [0.717, 1.165) is 60.1 Å². The number of anilines is 1. The van der Waals surface area contributed by atoms with Gasteiger partial charge in [-0.2, -0.15) is 0 Å². The van der Waals surface area contributed by atoms with Crippen LogP contribution in [0.2, 0.25) is 0 Å². The van der Waals surface area contributed by atoms with Crippen molar-refractivity contribution in [3.63, 3.8) is 0 Å². The Morgan fingerprint density at radius 1 is 1.17 bits per heavy atom. The normalized spacial score (nSPS) is 32.4. The molecule has 5 aliphatic rings. The van der Waals surface area contributed by atoms with Crippen LogP contribution in [-0.2, 0) is 10.2 Å². The Morgan fingerprint density at radius 2 is 2.00 bits per heavy atom. The van der Waals surface area contributed by atoms with Gasteiger partial charge in [0.15, 0.2) is 11.5 Å². The molecule has 0 aromatic heterocycles. The summed E-state index contributed by atoms with van der Waals surface area (Å²) in [6, 6.07) is 14.4. The van der Waals surface area contributed by atoms with Crippen molar-refractivity contribution < 1.29 is 23.5 Å². The lowest BCUT2D eigenvalue weighted by atomic mass is 9.61. The number of carbonyl (C=O) groups is 2. The fraction of sp³-hybridized carbons (Fsp3) is 0.400. The molecule has 2 aromatic carbocycles. The maximum absolute atomic E-state index is 13.9. The summed E-state index contributed by atoms with van der Waals surface area (Å²) in [5, 5.41) is 3.67. The highest BCUT2D eigenvalue weighted by Gasteiger charge is 2.68. The van der Waals surface area contributed by atoms with E-state index < -0.39 is 0 Å². The third-order valence-electron chi connectivity index (χ3n) is 9.39. The van der Waals surface area contributed by atoms with E-state index in [4.69, 9.17) is 9.47 Å². The van der Waals surface area contributed by atoms with Gasteiger partial charge in [-0.25, -0.2) is 0 Å². The number of ether oxygens (including phenoxy) is 2. The number of piperidine rings is 1. The SMILES string of the molecule is C/C=C1/C[N+]2(CC(=O)c3ccc4c(c3)OCCCO4)CC[C@]34C(=C(C=O)[C@H]1CC32)Nc1ccccc14. The molecule has 1 N–H and O–H groups in total. The van der Waals surface area contributed by atoms with Gasteiger partial charge in [-0.05, 0) is 42.3 Å². The molecule has 0 amide bonds. The molecule has 36 heavy (non-hydrogen) atoms. The van der Waals surface area contributed by atoms with Crippen LogP contribution in [0.15, 0.2) is 65.4 Å². The Labute approximate surface area is 211 Å². The number of aldehydes is 1. The van der Waals surface area contributed by atoms with E-state index in [0.29, 0.717) is 36.8 Å². The highest BCUT2D eigenvalue weighted by molar-refractivity contribution is 5.97. The van der Waals surface area contributed by atoms with E-state index in [1.165, 1.54) is 11.1 Å². The molecule has 2 unspecified atom stereocenters. The number of benzene rings is 2. The number of hydrogen-bond acceptors (Lipinski definition) is 5. The highest BCUT2D eigenvalue weighted by Crippen LogP contribution is 2.63. The molecule has 1 spiro atoms. The zero-order chi connectivity index (χ0) is 24.5. The lowest BCUT2D eigenvalue weighted by Crippen LogP contribution is -2.64. The Bertz CT molecular complexity index is 1360. The number of ketones is 1. The van der Waals surface area contributed by atoms with Gasteiger partial charge in [0.25, 0.3) is 0 Å². The average Bonchev–Trinajstić information content (AvgIpc) is 3.31. The van der Waals surface area contributed by atoms with Gasteiger partial charge in [0, 0.05) is 47.7 Å². The number of allylic oxidation sites excluding steroid dienone is 2. The fourth-order valence-corrected chi connectivity index (χ4v) is 7.84. The first-order valence-electron chi connectivity index (χ1n) is 13.1. The Morgan fingerprint density at radius 3 is 2.83 bits per heavy atom. The molecule has 184 valence electrons. The molecule has 2 saturated heterocycles. The van der Waals surface area contributed by atoms with Crippen LogP contribution < -0.4 is 14.8 Å². The zero-order valence-corrected chi connectivity index (χ0v) is 20.6. The number of carbonyl (C=O) groups excluding carboxylic acids is 2. The summed E-state index contributed by atoms with van der Waals surface area (Å²) in [5.41, 5.74) is 6.12. The number of para-hydroxylation sites is 1. The molecule has 2 aromatic rings. The van der Waals surface area contributed by atoms with Gasteiger partial charge in [-0.15, -0.1) is 0 Å². The molecule has 6 heteroatoms. The quantitative estimate of drug-likeness (QED) is 0.302. The van der Waals surface area contributed by atoms with Crippen molar-refractivity contribution in [2.45, 2.75) is 37.6 Å². The Kier molecular flexibility index (Phi) is 4.74. The summed E-state index contributed by atoms with van der Waals surface area (Å²) in [5.74, 6) is 1.64. The van der Waals surface area contributed by atoms with Crippen LogP contribution in [0.1, 0.15) is 42.1 Å². The fourth-order valence-electron chi connectivity index (χ4n) is 7.84. The van der Waals surface area contributed by atoms with Gasteiger partial charge in [-0.3, -0.25) is 9.59 Å². The smallest absolute Gasteiger partial charge is 0.217 e. The molecule has 4 atom stereocenters. The third-order valence-corrected chi connectivity index (χ3v) is 9.39. The van der Waals surface area contributed by atoms with Crippen LogP contribution in [0.25, 0.3) is 0 Å². The Hall–Kier alpha value is -3.38. The first kappa shape index (κ1) is 21.9. The molecule has 1 aliphatic carbocycles. The molecule has 2 bridgehead atoms. The standard InChI is InChI=1S/C30H30N2O4/c1-2-19-16-32(17-25(34)20-8-9-26-27(14-20)36-13-5-12-35-26)11-10-30-23-6-3-4-7-24(23)31-29(30)22(18-33)21(19)15-28(30)32/h2-4,6-9,14,18,21,28H,5,10-13,15-17H2,1H3/p+1/b19-2-/t21-,28?,30+,32?/m0/s1. The average molecular weight is 484 g/mol. The maximum atomic E-state index is 13.9. The summed E-state index contributed by atoms with van der Waals surface area (Å²) < 4.78 is 12.4. The van der Waals surface area contributed by atoms with Gasteiger partial charge >= 0.3 is 0 Å². The third kappa shape index (κ3) is 2.82. The van der Waals surface area contributed by atoms with Crippen molar-refractivity contribution in [3.05, 3.63) is 76.5 Å². The zero-order valence-electron chi connectivity index (χ0n) is 20.6. The predicted molar refractivity (Wildman–Crippen MR) is 136 cm³/mol. The molecule has 4 heterocycles. The summed E-state index contributed by atoms with van der Waals surface area (Å²) in [7, 11) is 0. The number of hydrogen-bond donors (Lipinski definition) is 1. The minimum atomic E-state index is -0.229. The molecule has 4 aliphatic heterocycles. The van der Waals surface area contributed by atoms with E-state index in [1.54, 1.807) is 0 Å². The first-order valence-corrected chi connectivity index (χ1v) is 13.1. The van der Waals surface area contributed by atoms with Crippen LogP contribution in [0.4, 0.5) is 5.69 Å². The van der Waals surface area contributed by atoms with Crippen molar-refractivity contribution in [2.75, 3.05) is 38.2 Å². The molecule has 2 fully saturated rings. The summed E-state index contributed by atoms with van der Waals surface area (Å²) in [4.78, 5) is 26.3. The largest absolute Gasteiger partial charge is 0.490 e. The molecule has 0 saturated carbocycles. The van der Waals surface area contributed by atoms with E-state index in [2.05, 4.69) is 42.6 Å². The van der Waals surface area contributed by atoms with Gasteiger partial charge in [0.05, 0.1) is 25.2 Å². The number of quaternary nitrogens is 1. The van der Waals surface area contributed by atoms with Crippen LogP contribution in [0.5, 0.6) is 11.5 Å². The number of nitrogens with zero attached hydrogens (tertiary/aromatic N) is 1. The van der Waals surface area contributed by atoms with Crippen molar-refractivity contribution in [1.29, 1.82) is 0 Å². The maximum Gasteiger partial charge on any atom is 0.217 e. The second kappa shape index (κ2) is 7.81. The van der Waals surface area contributed by atoms with Gasteiger partial charge in [0.2, 0.25) is 5.78 Å². The van der Waals surface area contributed by atoms with E-state index in [-0.39, 0.29) is 23.2 Å². The van der Waals surface area contributed by atoms with Crippen LogP contribution in [0, 0.1) is 5.92 Å². The first-order chi connectivity index (χ1) is 17.6. The van der Waals surface area contributed by atoms with Crippen LogP contribution in [0.3, 0.4) is 0 Å². The van der Waals surface area contributed by atoms with Crippen molar-refractivity contribution in [3.8, 4) is 11.5 Å². The lowest BCUT2D eigenvalue weighted by molar-refractivity contribution is -0.934. The number of Topliss-reactive ketones (excluding diaryl/α,β-unsaturated/α-hetero) is 1. The van der Waals surface area contributed by atoms with Crippen LogP contribution >= 0.6 is 0 Å². The minimum Gasteiger partial charge on any atom is -0.490 e. The van der Waals surface area contributed by atoms with E-state index in [1.807, 2.05) is 18.2 Å². The minimum absolute atomic E-state index is 0.125. The lowest BCUT2D eigenvalue weighted by Gasteiger charge is -2.53. The topological polar surface area (TPSA) is 64.6 Å². The summed E-state index contributed by atoms with van der Waals surface area (Å²) >= 11 is 0. The van der Waals surface area contributed by atoms with Crippen LogP contribution in [-0.4, -0.2) is 55.4 Å². The number of rotatable bonds is 4. The Balaban J connectivity index is 1.31. The van der Waals surface area contributed by atoms with Crippen molar-refractivity contribution in [2.24, 2.45) is 5.92 Å².